The van der Waals surface area contributed by atoms with E-state index in [9.17, 15) is 0 Å². The molecule has 4 unspecified atom stereocenters. The van der Waals surface area contributed by atoms with E-state index in [0.717, 1.165) is 27.8 Å². The molecule has 18 rings (SSSR count). The highest BCUT2D eigenvalue weighted by atomic mass is 35.5. The van der Waals surface area contributed by atoms with E-state index >= 15 is 0 Å². The second kappa shape index (κ2) is 30.2. The number of nitrogens with zero attached hydrogens (tertiary/aromatic N) is 3. The van der Waals surface area contributed by atoms with Gasteiger partial charge in [0.15, 0.2) is 0 Å². The summed E-state index contributed by atoms with van der Waals surface area (Å²) >= 11 is 10.4. The minimum absolute atomic E-state index is 0.0327. The fourth-order valence-electron chi connectivity index (χ4n) is 19.5. The van der Waals surface area contributed by atoms with Crippen LogP contribution in [0.15, 0.2) is 313 Å². The number of aromatic nitrogens is 2. The number of allylic oxidation sites excluding steroid dienone is 2. The van der Waals surface area contributed by atoms with Crippen molar-refractivity contribution in [3.05, 3.63) is 396 Å². The zero-order valence-electron chi connectivity index (χ0n) is 73.9. The Morgan fingerprint density at radius 3 is 1.15 bits per heavy atom. The summed E-state index contributed by atoms with van der Waals surface area (Å²) in [5.74, 6) is 0. The van der Waals surface area contributed by atoms with Gasteiger partial charge in [-0.2, -0.15) is 0 Å². The fourth-order valence-corrected chi connectivity index (χ4v) is 22.6. The highest BCUT2D eigenvalue weighted by molar-refractivity contribution is 8.03. The smallest absolute Gasteiger partial charge is 0.0585 e. The van der Waals surface area contributed by atoms with E-state index in [1.165, 1.54) is 139 Å². The molecular weight excluding hydrogens is 1500 g/mol. The van der Waals surface area contributed by atoms with E-state index in [4.69, 9.17) is 11.6 Å². The van der Waals surface area contributed by atoms with Crippen molar-refractivity contribution in [1.29, 1.82) is 0 Å². The van der Waals surface area contributed by atoms with Gasteiger partial charge in [-0.1, -0.05) is 329 Å². The van der Waals surface area contributed by atoms with Crippen molar-refractivity contribution in [2.45, 2.75) is 205 Å². The van der Waals surface area contributed by atoms with Crippen molar-refractivity contribution >= 4 is 74.0 Å². The molecule has 2 aliphatic heterocycles. The van der Waals surface area contributed by atoms with E-state index in [1.807, 2.05) is 29.6 Å². The summed E-state index contributed by atoms with van der Waals surface area (Å²) in [7, 11) is 0. The van der Waals surface area contributed by atoms with Crippen LogP contribution in [0, 0.1) is 13.8 Å². The molecule has 604 valence electrons. The fraction of sp³-hybridized carbons (Fsp3) is 0.286. The van der Waals surface area contributed by atoms with Crippen molar-refractivity contribution < 1.29 is 0 Å². The first kappa shape index (κ1) is 82.5. The van der Waals surface area contributed by atoms with Gasteiger partial charge in [-0.25, -0.2) is 0 Å². The first-order valence-corrected chi connectivity index (χ1v) is 44.7. The maximum Gasteiger partial charge on any atom is 0.0585 e. The summed E-state index contributed by atoms with van der Waals surface area (Å²) in [6, 6.07) is 108. The number of halogens is 1. The van der Waals surface area contributed by atoms with Crippen LogP contribution in [0.3, 0.4) is 0 Å². The Hall–Kier alpha value is -10.2. The Bertz CT molecular complexity index is 6230. The van der Waals surface area contributed by atoms with Crippen LogP contribution < -0.4 is 10.2 Å². The summed E-state index contributed by atoms with van der Waals surface area (Å²) in [5.41, 5.74) is 34.3. The van der Waals surface area contributed by atoms with Crippen LogP contribution in [-0.4, -0.2) is 9.13 Å². The third-order valence-electron chi connectivity index (χ3n) is 26.9. The molecule has 0 bridgehead atoms. The molecule has 0 amide bonds. The maximum atomic E-state index is 6.50. The average Bonchev–Trinajstić information content (AvgIpc) is 1.52. The Morgan fingerprint density at radius 2 is 0.714 bits per heavy atom. The van der Waals surface area contributed by atoms with E-state index < -0.39 is 5.41 Å². The van der Waals surface area contributed by atoms with Crippen LogP contribution in [-0.2, 0) is 52.8 Å². The second-order valence-electron chi connectivity index (χ2n) is 39.6. The first-order valence-electron chi connectivity index (χ1n) is 42.5. The number of rotatable bonds is 11. The van der Waals surface area contributed by atoms with E-state index in [1.54, 1.807) is 0 Å². The van der Waals surface area contributed by atoms with E-state index in [0.29, 0.717) is 0 Å². The van der Waals surface area contributed by atoms with Crippen LogP contribution in [0.25, 0.3) is 55.7 Å². The number of nitrogens with one attached hydrogen (secondary N) is 1. The Labute approximate surface area is 723 Å². The number of aryl methyl sites for hydroxylation is 2. The minimum Gasteiger partial charge on any atom is -0.358 e. The second-order valence-corrected chi connectivity index (χ2v) is 42.6. The molecule has 7 heteroatoms. The van der Waals surface area contributed by atoms with Gasteiger partial charge in [0.25, 0.3) is 0 Å². The van der Waals surface area contributed by atoms with E-state index in [-0.39, 0.29) is 47.4 Å². The molecule has 0 spiro atoms. The predicted molar refractivity (Wildman–Crippen MR) is 516 cm³/mol. The number of hydrogen-bond donors (Lipinski definition) is 1. The molecule has 0 saturated heterocycles. The van der Waals surface area contributed by atoms with E-state index in [2.05, 4.69) is 468 Å². The molecule has 2 aromatic heterocycles. The topological polar surface area (TPSA) is 25.1 Å². The lowest BCUT2D eigenvalue weighted by Gasteiger charge is -2.46. The van der Waals surface area contributed by atoms with Crippen molar-refractivity contribution in [3.8, 4) is 33.9 Å². The quantitative estimate of drug-likeness (QED) is 0.140. The molecule has 14 aromatic rings. The summed E-state index contributed by atoms with van der Waals surface area (Å²) in [4.78, 5) is 2.57. The van der Waals surface area contributed by atoms with Gasteiger partial charge in [0, 0.05) is 77.6 Å². The summed E-state index contributed by atoms with van der Waals surface area (Å²) in [5, 5.41) is 12.0. The largest absolute Gasteiger partial charge is 0.358 e. The number of thioether (sulfide) groups is 2. The number of hydrogen-bond acceptors (Lipinski definition) is 4. The highest BCUT2D eigenvalue weighted by Gasteiger charge is 2.57. The lowest BCUT2D eigenvalue weighted by molar-refractivity contribution is 0.427. The van der Waals surface area contributed by atoms with Crippen molar-refractivity contribution in [1.82, 2.24) is 9.13 Å². The lowest BCUT2D eigenvalue weighted by atomic mass is 9.66. The third kappa shape index (κ3) is 14.2. The third-order valence-corrected chi connectivity index (χ3v) is 30.0. The van der Waals surface area contributed by atoms with Gasteiger partial charge in [-0.3, -0.25) is 0 Å². The average molecular weight is 1620 g/mol. The van der Waals surface area contributed by atoms with Gasteiger partial charge in [0.2, 0.25) is 0 Å². The van der Waals surface area contributed by atoms with Crippen LogP contribution in [0.2, 0.25) is 5.02 Å². The highest BCUT2D eigenvalue weighted by Crippen LogP contribution is 2.65. The number of anilines is 3. The molecule has 1 N–H and O–H groups in total. The molecule has 0 saturated carbocycles. The molecule has 4 heterocycles. The molecule has 12 aromatic carbocycles. The van der Waals surface area contributed by atoms with Gasteiger partial charge in [0.1, 0.15) is 0 Å². The van der Waals surface area contributed by atoms with Gasteiger partial charge in [-0.05, 0) is 237 Å². The Balaban J connectivity index is 0.000000147. The predicted octanol–water partition coefficient (Wildman–Crippen LogP) is 31.5. The molecule has 4 nitrogen and oxygen atoms in total. The molecule has 119 heavy (non-hydrogen) atoms. The van der Waals surface area contributed by atoms with Crippen LogP contribution in [0.5, 0.6) is 0 Å². The SMILES string of the molecule is CC(C)(C)c1ccc(NC2=CSC(C)(c3ccccc3)C2(C)c2ccccc2)cc1.Cc1cc(Cl)cc(-n2c3c(c4cc(C(C)(C)C)ccc42)C(C)(C)c2ccccc2-3)c1.Cc1cc(N(C2=CSC(C)(c3ccccc3)C2(C)c2ccccc2)c2ccc(C(C)(C)C)cc2)cc(-n2c3c(c4cc(C(C)(C)C)ccc42)C(C)(C)c2ccccc2-3)c1. The van der Waals surface area contributed by atoms with Crippen LogP contribution in [0.4, 0.5) is 17.1 Å². The standard InChI is InChI=1S/C56H58N2S.C28H28ClN.C28H31NS/c1-37-32-43(35-44(33-37)58-48-31-28-41(53(5,6)7)34-46(48)50-51(58)45-24-18-19-25-47(45)54(50,8)9)57(42-29-26-38(27-30-42)52(2,3)4)49-36-59-56(11,40-22-16-13-17-23-40)55(49,10)39-20-14-12-15-21-39;1-17-13-19(29)16-20(14-17)30-24-12-11-18(27(2,3)4)15-22(24)25-26(30)21-9-7-8-10-23(21)28(25,5)6;1-26(2,3)21-16-18-24(19-17-21)29-25-20-30-28(5,23-14-10-7-11-15-23)27(25,4)22-12-8-6-9-13-22/h12-36H,1-11H3;7-16H,1-6H3;6-20,29H,1-5H3. The van der Waals surface area contributed by atoms with Gasteiger partial charge in [0.05, 0.1) is 42.7 Å². The monoisotopic (exact) mass is 1620 g/mol. The molecule has 4 aliphatic rings. The summed E-state index contributed by atoms with van der Waals surface area (Å²) in [6.07, 6.45) is 0. The zero-order chi connectivity index (χ0) is 84.5. The molecule has 4 atom stereocenters. The van der Waals surface area contributed by atoms with Crippen molar-refractivity contribution in [3.63, 3.8) is 0 Å². The Morgan fingerprint density at radius 1 is 0.345 bits per heavy atom. The van der Waals surface area contributed by atoms with Gasteiger partial charge < -0.3 is 19.4 Å². The zero-order valence-corrected chi connectivity index (χ0v) is 76.3. The molecule has 0 fully saturated rings. The normalized spacial score (nSPS) is 19.5. The number of benzene rings is 12. The Kier molecular flexibility index (Phi) is 20.9. The minimum atomic E-state index is -0.402. The first-order chi connectivity index (χ1) is 56.3. The van der Waals surface area contributed by atoms with Gasteiger partial charge >= 0.3 is 0 Å². The van der Waals surface area contributed by atoms with Crippen molar-refractivity contribution in [2.24, 2.45) is 0 Å². The van der Waals surface area contributed by atoms with Crippen molar-refractivity contribution in [2.75, 3.05) is 10.2 Å². The molecule has 0 radical (unpaired) electrons. The maximum absolute atomic E-state index is 6.50. The lowest BCUT2D eigenvalue weighted by Crippen LogP contribution is -2.45. The summed E-state index contributed by atoms with van der Waals surface area (Å²) in [6.45, 7) is 51.0. The van der Waals surface area contributed by atoms with Crippen LogP contribution >= 0.6 is 35.1 Å². The number of fused-ring (bicyclic) bond motifs is 10. The van der Waals surface area contributed by atoms with Crippen LogP contribution in [0.1, 0.15) is 216 Å². The summed E-state index contributed by atoms with van der Waals surface area (Å²) < 4.78 is 4.61. The molecular formula is C112H117ClN4S2. The molecule has 2 aliphatic carbocycles. The van der Waals surface area contributed by atoms with Gasteiger partial charge in [-0.15, -0.1) is 23.5 Å².